The van der Waals surface area contributed by atoms with Crippen LogP contribution in [0.15, 0.2) is 0 Å². The van der Waals surface area contributed by atoms with Crippen molar-refractivity contribution in [2.45, 2.75) is 44.4 Å². The second-order valence-corrected chi connectivity index (χ2v) is 4.82. The van der Waals surface area contributed by atoms with Crippen molar-refractivity contribution in [1.82, 2.24) is 15.5 Å². The minimum absolute atomic E-state index is 0.664. The predicted octanol–water partition coefficient (Wildman–Crippen LogP) is 1.76. The molecule has 1 aromatic rings. The Morgan fingerprint density at radius 1 is 1.13 bits per heavy atom. The van der Waals surface area contributed by atoms with E-state index in [2.05, 4.69) is 15.5 Å². The van der Waals surface area contributed by atoms with Crippen LogP contribution in [0.2, 0.25) is 0 Å². The minimum Gasteiger partial charge on any atom is -0.316 e. The number of hydrogen-bond donors (Lipinski definition) is 2. The Bertz CT molecular complexity index is 337. The van der Waals surface area contributed by atoms with Gasteiger partial charge in [0.05, 0.1) is 5.69 Å². The highest BCUT2D eigenvalue weighted by Gasteiger charge is 2.24. The molecule has 0 saturated carbocycles. The third-order valence-corrected chi connectivity index (χ3v) is 3.77. The SMILES string of the molecule is C1CCc2c(C3CCCNC3)n[nH]c2C1. The topological polar surface area (TPSA) is 40.7 Å². The zero-order valence-corrected chi connectivity index (χ0v) is 9.18. The number of rotatable bonds is 1. The minimum atomic E-state index is 0.664. The molecule has 1 fully saturated rings. The van der Waals surface area contributed by atoms with E-state index in [0.717, 1.165) is 6.54 Å². The molecule has 1 aromatic heterocycles. The number of fused-ring (bicyclic) bond motifs is 1. The van der Waals surface area contributed by atoms with E-state index in [4.69, 9.17) is 0 Å². The Morgan fingerprint density at radius 3 is 2.93 bits per heavy atom. The molecule has 15 heavy (non-hydrogen) atoms. The summed E-state index contributed by atoms with van der Waals surface area (Å²) < 4.78 is 0. The molecule has 1 aliphatic carbocycles. The zero-order chi connectivity index (χ0) is 10.1. The number of hydrogen-bond acceptors (Lipinski definition) is 2. The summed E-state index contributed by atoms with van der Waals surface area (Å²) in [5, 5.41) is 11.3. The number of nitrogens with zero attached hydrogens (tertiary/aromatic N) is 1. The van der Waals surface area contributed by atoms with Crippen LogP contribution in [0, 0.1) is 0 Å². The summed E-state index contributed by atoms with van der Waals surface area (Å²) in [4.78, 5) is 0. The van der Waals surface area contributed by atoms with Gasteiger partial charge in [-0.25, -0.2) is 0 Å². The Balaban J connectivity index is 1.87. The van der Waals surface area contributed by atoms with Gasteiger partial charge < -0.3 is 5.32 Å². The van der Waals surface area contributed by atoms with Crippen LogP contribution in [-0.4, -0.2) is 23.3 Å². The number of piperidine rings is 1. The van der Waals surface area contributed by atoms with Gasteiger partial charge in [-0.05, 0) is 50.6 Å². The number of aromatic nitrogens is 2. The van der Waals surface area contributed by atoms with Gasteiger partial charge in [0.2, 0.25) is 0 Å². The van der Waals surface area contributed by atoms with E-state index in [-0.39, 0.29) is 0 Å². The molecule has 2 N–H and O–H groups in total. The largest absolute Gasteiger partial charge is 0.316 e. The standard InChI is InChI=1S/C12H19N3/c1-2-6-11-10(5-1)12(15-14-11)9-4-3-7-13-8-9/h9,13H,1-8H2,(H,14,15). The van der Waals surface area contributed by atoms with E-state index in [1.165, 1.54) is 56.5 Å². The van der Waals surface area contributed by atoms with Gasteiger partial charge in [0, 0.05) is 18.2 Å². The summed E-state index contributed by atoms with van der Waals surface area (Å²) in [6.45, 7) is 2.31. The first-order chi connectivity index (χ1) is 7.45. The third-order valence-electron chi connectivity index (χ3n) is 3.77. The highest BCUT2D eigenvalue weighted by Crippen LogP contribution is 2.30. The maximum atomic E-state index is 4.56. The summed E-state index contributed by atoms with van der Waals surface area (Å²) in [6.07, 6.45) is 7.74. The van der Waals surface area contributed by atoms with Crippen molar-refractivity contribution in [1.29, 1.82) is 0 Å². The van der Waals surface area contributed by atoms with Crippen molar-refractivity contribution in [2.75, 3.05) is 13.1 Å². The van der Waals surface area contributed by atoms with E-state index in [1.807, 2.05) is 0 Å². The van der Waals surface area contributed by atoms with Gasteiger partial charge in [0.1, 0.15) is 0 Å². The molecule has 1 saturated heterocycles. The Hall–Kier alpha value is -0.830. The van der Waals surface area contributed by atoms with Crippen LogP contribution in [0.1, 0.15) is 48.6 Å². The van der Waals surface area contributed by atoms with Gasteiger partial charge in [-0.1, -0.05) is 0 Å². The molecule has 1 atom stereocenters. The number of aryl methyl sites for hydroxylation is 1. The van der Waals surface area contributed by atoms with Crippen LogP contribution in [0.5, 0.6) is 0 Å². The average molecular weight is 205 g/mol. The highest BCUT2D eigenvalue weighted by atomic mass is 15.1. The Kier molecular flexibility index (Phi) is 2.49. The molecule has 0 bridgehead atoms. The number of H-pyrrole nitrogens is 1. The molecule has 3 rings (SSSR count). The van der Waals surface area contributed by atoms with Gasteiger partial charge in [-0.3, -0.25) is 5.10 Å². The highest BCUT2D eigenvalue weighted by molar-refractivity contribution is 5.30. The fraction of sp³-hybridized carbons (Fsp3) is 0.750. The molecule has 0 radical (unpaired) electrons. The molecule has 0 aromatic carbocycles. The third kappa shape index (κ3) is 1.69. The molecule has 3 nitrogen and oxygen atoms in total. The van der Waals surface area contributed by atoms with Crippen LogP contribution in [0.3, 0.4) is 0 Å². The molecule has 3 heteroatoms. The van der Waals surface area contributed by atoms with Crippen molar-refractivity contribution in [3.63, 3.8) is 0 Å². The van der Waals surface area contributed by atoms with Gasteiger partial charge in [-0.15, -0.1) is 0 Å². The van der Waals surface area contributed by atoms with Crippen LogP contribution < -0.4 is 5.32 Å². The predicted molar refractivity (Wildman–Crippen MR) is 60.1 cm³/mol. The lowest BCUT2D eigenvalue weighted by Gasteiger charge is -2.23. The first-order valence-electron chi connectivity index (χ1n) is 6.22. The lowest BCUT2D eigenvalue weighted by molar-refractivity contribution is 0.451. The molecular formula is C12H19N3. The second-order valence-electron chi connectivity index (χ2n) is 4.82. The summed E-state index contributed by atoms with van der Waals surface area (Å²) in [5.74, 6) is 0.664. The van der Waals surface area contributed by atoms with Gasteiger partial charge in [0.15, 0.2) is 0 Å². The molecule has 1 unspecified atom stereocenters. The number of aromatic amines is 1. The Labute approximate surface area is 90.7 Å². The van der Waals surface area contributed by atoms with Crippen LogP contribution in [-0.2, 0) is 12.8 Å². The van der Waals surface area contributed by atoms with E-state index in [0.29, 0.717) is 5.92 Å². The molecule has 2 aliphatic rings. The van der Waals surface area contributed by atoms with Crippen molar-refractivity contribution >= 4 is 0 Å². The zero-order valence-electron chi connectivity index (χ0n) is 9.18. The summed E-state index contributed by atoms with van der Waals surface area (Å²) in [6, 6.07) is 0. The molecule has 0 amide bonds. The smallest absolute Gasteiger partial charge is 0.0700 e. The number of nitrogens with one attached hydrogen (secondary N) is 2. The van der Waals surface area contributed by atoms with Gasteiger partial charge >= 0.3 is 0 Å². The molecular weight excluding hydrogens is 186 g/mol. The maximum absolute atomic E-state index is 4.56. The fourth-order valence-electron chi connectivity index (χ4n) is 2.93. The quantitative estimate of drug-likeness (QED) is 0.733. The van der Waals surface area contributed by atoms with Crippen LogP contribution >= 0.6 is 0 Å². The van der Waals surface area contributed by atoms with Crippen molar-refractivity contribution in [3.8, 4) is 0 Å². The van der Waals surface area contributed by atoms with Gasteiger partial charge in [-0.2, -0.15) is 5.10 Å². The van der Waals surface area contributed by atoms with Crippen molar-refractivity contribution in [2.24, 2.45) is 0 Å². The fourth-order valence-corrected chi connectivity index (χ4v) is 2.93. The molecule has 82 valence electrons. The van der Waals surface area contributed by atoms with E-state index in [9.17, 15) is 0 Å². The molecule has 1 aliphatic heterocycles. The summed E-state index contributed by atoms with van der Waals surface area (Å²) >= 11 is 0. The molecule has 0 spiro atoms. The van der Waals surface area contributed by atoms with Gasteiger partial charge in [0.25, 0.3) is 0 Å². The van der Waals surface area contributed by atoms with Crippen molar-refractivity contribution in [3.05, 3.63) is 17.0 Å². The average Bonchev–Trinajstić information content (AvgIpc) is 2.74. The van der Waals surface area contributed by atoms with E-state index in [1.54, 1.807) is 5.56 Å². The van der Waals surface area contributed by atoms with E-state index >= 15 is 0 Å². The Morgan fingerprint density at radius 2 is 2.07 bits per heavy atom. The van der Waals surface area contributed by atoms with Crippen LogP contribution in [0.4, 0.5) is 0 Å². The lowest BCUT2D eigenvalue weighted by atomic mass is 9.88. The lowest BCUT2D eigenvalue weighted by Crippen LogP contribution is -2.29. The summed E-state index contributed by atoms with van der Waals surface area (Å²) in [5.41, 5.74) is 4.34. The van der Waals surface area contributed by atoms with E-state index < -0.39 is 0 Å². The first kappa shape index (κ1) is 9.40. The van der Waals surface area contributed by atoms with Crippen molar-refractivity contribution < 1.29 is 0 Å². The maximum Gasteiger partial charge on any atom is 0.0700 e. The normalized spacial score (nSPS) is 26.3. The monoisotopic (exact) mass is 205 g/mol. The summed E-state index contributed by atoms with van der Waals surface area (Å²) in [7, 11) is 0. The van der Waals surface area contributed by atoms with Crippen LogP contribution in [0.25, 0.3) is 0 Å². The second kappa shape index (κ2) is 3.97. The molecule has 2 heterocycles. The first-order valence-corrected chi connectivity index (χ1v) is 6.22.